The number of ether oxygens (including phenoxy) is 1. The second-order valence-electron chi connectivity index (χ2n) is 4.90. The van der Waals surface area contributed by atoms with Gasteiger partial charge in [0.25, 0.3) is 5.91 Å². The van der Waals surface area contributed by atoms with Crippen molar-refractivity contribution in [1.29, 1.82) is 0 Å². The van der Waals surface area contributed by atoms with Crippen molar-refractivity contribution in [3.8, 4) is 11.4 Å². The number of nitrogens with zero attached hydrogens (tertiary/aromatic N) is 4. The lowest BCUT2D eigenvalue weighted by atomic mass is 10.2. The van der Waals surface area contributed by atoms with E-state index in [1.54, 1.807) is 31.4 Å². The van der Waals surface area contributed by atoms with E-state index in [0.717, 1.165) is 5.69 Å². The van der Waals surface area contributed by atoms with Crippen LogP contribution in [0.1, 0.15) is 16.2 Å². The smallest absolute Gasteiger partial charge is 0.251 e. The molecule has 2 aromatic carbocycles. The van der Waals surface area contributed by atoms with E-state index in [4.69, 9.17) is 4.74 Å². The van der Waals surface area contributed by atoms with E-state index in [-0.39, 0.29) is 12.1 Å². The van der Waals surface area contributed by atoms with Crippen LogP contribution < -0.4 is 10.1 Å². The first-order valence-corrected chi connectivity index (χ1v) is 7.13. The number of hydrogen-bond donors (Lipinski definition) is 1. The third-order valence-corrected chi connectivity index (χ3v) is 3.34. The van der Waals surface area contributed by atoms with Crippen LogP contribution in [0.2, 0.25) is 0 Å². The lowest BCUT2D eigenvalue weighted by molar-refractivity contribution is 0.0949. The predicted octanol–water partition coefficient (Wildman–Crippen LogP) is 1.74. The van der Waals surface area contributed by atoms with Crippen molar-refractivity contribution < 1.29 is 13.9 Å². The zero-order valence-electron chi connectivity index (χ0n) is 12.8. The van der Waals surface area contributed by atoms with Crippen LogP contribution in [0.4, 0.5) is 4.39 Å². The van der Waals surface area contributed by atoms with Gasteiger partial charge in [-0.15, -0.1) is 5.10 Å². The minimum Gasteiger partial charge on any atom is -0.497 e. The van der Waals surface area contributed by atoms with E-state index < -0.39 is 11.7 Å². The molecular weight excluding hydrogens is 313 g/mol. The quantitative estimate of drug-likeness (QED) is 0.772. The fourth-order valence-electron chi connectivity index (χ4n) is 2.13. The SMILES string of the molecule is COc1ccc(-n2nnnc2CNC(=O)c2cccc(F)c2)cc1. The van der Waals surface area contributed by atoms with Crippen LogP contribution in [0.15, 0.2) is 48.5 Å². The summed E-state index contributed by atoms with van der Waals surface area (Å²) >= 11 is 0. The second kappa shape index (κ2) is 6.86. The summed E-state index contributed by atoms with van der Waals surface area (Å²) in [5, 5.41) is 14.1. The van der Waals surface area contributed by atoms with Gasteiger partial charge in [0.05, 0.1) is 19.3 Å². The van der Waals surface area contributed by atoms with Gasteiger partial charge in [-0.05, 0) is 52.9 Å². The van der Waals surface area contributed by atoms with Crippen LogP contribution in [0, 0.1) is 5.82 Å². The molecule has 7 nitrogen and oxygen atoms in total. The molecule has 0 radical (unpaired) electrons. The lowest BCUT2D eigenvalue weighted by Gasteiger charge is -2.07. The van der Waals surface area contributed by atoms with Gasteiger partial charge in [0.2, 0.25) is 0 Å². The highest BCUT2D eigenvalue weighted by atomic mass is 19.1. The van der Waals surface area contributed by atoms with E-state index in [0.29, 0.717) is 11.6 Å². The summed E-state index contributed by atoms with van der Waals surface area (Å²) in [5.74, 6) is 0.294. The number of tetrazole rings is 1. The van der Waals surface area contributed by atoms with Crippen molar-refractivity contribution in [3.63, 3.8) is 0 Å². The van der Waals surface area contributed by atoms with E-state index in [1.807, 2.05) is 0 Å². The number of hydrogen-bond acceptors (Lipinski definition) is 5. The van der Waals surface area contributed by atoms with Gasteiger partial charge in [0.15, 0.2) is 5.82 Å². The topological polar surface area (TPSA) is 81.9 Å². The molecule has 0 saturated heterocycles. The van der Waals surface area contributed by atoms with Crippen molar-refractivity contribution in [3.05, 3.63) is 65.7 Å². The van der Waals surface area contributed by atoms with Crippen molar-refractivity contribution in [2.24, 2.45) is 0 Å². The van der Waals surface area contributed by atoms with Gasteiger partial charge >= 0.3 is 0 Å². The first kappa shape index (κ1) is 15.6. The molecule has 0 spiro atoms. The summed E-state index contributed by atoms with van der Waals surface area (Å²) in [4.78, 5) is 12.1. The number of halogens is 1. The molecule has 0 aliphatic carbocycles. The molecule has 0 saturated carbocycles. The van der Waals surface area contributed by atoms with E-state index in [9.17, 15) is 9.18 Å². The van der Waals surface area contributed by atoms with Gasteiger partial charge < -0.3 is 10.1 Å². The van der Waals surface area contributed by atoms with Crippen LogP contribution in [-0.2, 0) is 6.54 Å². The Kier molecular flexibility index (Phi) is 4.46. The van der Waals surface area contributed by atoms with Crippen LogP contribution in [0.25, 0.3) is 5.69 Å². The summed E-state index contributed by atoms with van der Waals surface area (Å²) in [6, 6.07) is 12.6. The van der Waals surface area contributed by atoms with E-state index in [2.05, 4.69) is 20.8 Å². The number of carbonyl (C=O) groups is 1. The Morgan fingerprint density at radius 2 is 2.04 bits per heavy atom. The minimum atomic E-state index is -0.467. The maximum atomic E-state index is 13.2. The molecule has 0 aliphatic heterocycles. The van der Waals surface area contributed by atoms with Gasteiger partial charge in [-0.2, -0.15) is 4.68 Å². The average Bonchev–Trinajstić information content (AvgIpc) is 3.08. The fraction of sp³-hybridized carbons (Fsp3) is 0.125. The number of benzene rings is 2. The molecule has 8 heteroatoms. The van der Waals surface area contributed by atoms with Gasteiger partial charge in [-0.3, -0.25) is 4.79 Å². The van der Waals surface area contributed by atoms with Gasteiger partial charge in [-0.1, -0.05) is 6.07 Å². The average molecular weight is 327 g/mol. The first-order chi connectivity index (χ1) is 11.7. The molecule has 3 aromatic rings. The highest BCUT2D eigenvalue weighted by molar-refractivity contribution is 5.94. The Bertz CT molecular complexity index is 848. The summed E-state index contributed by atoms with van der Waals surface area (Å²) in [6.45, 7) is 0.106. The molecule has 1 aromatic heterocycles. The highest BCUT2D eigenvalue weighted by Gasteiger charge is 2.11. The first-order valence-electron chi connectivity index (χ1n) is 7.13. The van der Waals surface area contributed by atoms with Crippen molar-refractivity contribution in [2.75, 3.05) is 7.11 Å². The van der Waals surface area contributed by atoms with Crippen LogP contribution in [0.5, 0.6) is 5.75 Å². The number of rotatable bonds is 5. The summed E-state index contributed by atoms with van der Waals surface area (Å²) in [5.41, 5.74) is 0.967. The number of amides is 1. The van der Waals surface area contributed by atoms with Crippen molar-refractivity contribution in [1.82, 2.24) is 25.5 Å². The van der Waals surface area contributed by atoms with Gasteiger partial charge in [-0.25, -0.2) is 4.39 Å². The second-order valence-corrected chi connectivity index (χ2v) is 4.90. The van der Waals surface area contributed by atoms with Crippen LogP contribution in [0.3, 0.4) is 0 Å². The number of methoxy groups -OCH3 is 1. The number of carbonyl (C=O) groups excluding carboxylic acids is 1. The molecule has 0 bridgehead atoms. The maximum Gasteiger partial charge on any atom is 0.251 e. The Morgan fingerprint density at radius 1 is 1.25 bits per heavy atom. The molecule has 3 rings (SSSR count). The van der Waals surface area contributed by atoms with Gasteiger partial charge in [0.1, 0.15) is 11.6 Å². The molecule has 1 heterocycles. The Morgan fingerprint density at radius 3 is 2.75 bits per heavy atom. The van der Waals surface area contributed by atoms with Crippen LogP contribution >= 0.6 is 0 Å². The minimum absolute atomic E-state index is 0.106. The molecule has 1 amide bonds. The van der Waals surface area contributed by atoms with Crippen molar-refractivity contribution in [2.45, 2.75) is 6.54 Å². The third-order valence-electron chi connectivity index (χ3n) is 3.34. The largest absolute Gasteiger partial charge is 0.497 e. The Hall–Kier alpha value is -3.29. The molecular formula is C16H14FN5O2. The summed E-state index contributed by atoms with van der Waals surface area (Å²) < 4.78 is 19.8. The van der Waals surface area contributed by atoms with Gasteiger partial charge in [0, 0.05) is 5.56 Å². The number of aromatic nitrogens is 4. The maximum absolute atomic E-state index is 13.2. The van der Waals surface area contributed by atoms with E-state index >= 15 is 0 Å². The Labute approximate surface area is 137 Å². The summed E-state index contributed by atoms with van der Waals surface area (Å²) in [6.07, 6.45) is 0. The number of nitrogens with one attached hydrogen (secondary N) is 1. The molecule has 0 unspecified atom stereocenters. The predicted molar refractivity (Wildman–Crippen MR) is 83.3 cm³/mol. The lowest BCUT2D eigenvalue weighted by Crippen LogP contribution is -2.24. The molecule has 1 N–H and O–H groups in total. The third kappa shape index (κ3) is 3.37. The van der Waals surface area contributed by atoms with E-state index in [1.165, 1.54) is 28.9 Å². The normalized spacial score (nSPS) is 10.4. The monoisotopic (exact) mass is 327 g/mol. The summed E-state index contributed by atoms with van der Waals surface area (Å²) in [7, 11) is 1.58. The Balaban J connectivity index is 1.72. The molecule has 0 fully saturated rings. The fourth-order valence-corrected chi connectivity index (χ4v) is 2.13. The molecule has 122 valence electrons. The molecule has 0 aliphatic rings. The zero-order valence-corrected chi connectivity index (χ0v) is 12.8. The molecule has 24 heavy (non-hydrogen) atoms. The molecule has 0 atom stereocenters. The van der Waals surface area contributed by atoms with Crippen molar-refractivity contribution >= 4 is 5.91 Å². The zero-order chi connectivity index (χ0) is 16.9. The van der Waals surface area contributed by atoms with Crippen LogP contribution in [-0.4, -0.2) is 33.2 Å². The highest BCUT2D eigenvalue weighted by Crippen LogP contribution is 2.14. The standard InChI is InChI=1S/C16H14FN5O2/c1-24-14-7-5-13(6-8-14)22-15(19-20-21-22)10-18-16(23)11-3-2-4-12(17)9-11/h2-9H,10H2,1H3,(H,18,23).